The second-order valence-electron chi connectivity index (χ2n) is 3.98. The molecule has 0 radical (unpaired) electrons. The summed E-state index contributed by atoms with van der Waals surface area (Å²) in [5.74, 6) is -0.536. The van der Waals surface area contributed by atoms with E-state index in [0.29, 0.717) is 6.42 Å². The topological polar surface area (TPSA) is 29.1 Å². The highest BCUT2D eigenvalue weighted by atomic mass is 35.5. The van der Waals surface area contributed by atoms with Gasteiger partial charge in [0.05, 0.1) is 10.6 Å². The van der Waals surface area contributed by atoms with E-state index in [-0.39, 0.29) is 28.3 Å². The Hall–Kier alpha value is -0.510. The molecule has 0 aliphatic rings. The fourth-order valence-electron chi connectivity index (χ4n) is 1.33. The summed E-state index contributed by atoms with van der Waals surface area (Å²) in [6.07, 6.45) is 0.598. The van der Waals surface area contributed by atoms with Gasteiger partial charge in [0, 0.05) is 17.3 Å². The molecular weight excluding hydrogens is 299 g/mol. The lowest BCUT2D eigenvalue weighted by atomic mass is 10.0. The van der Waals surface area contributed by atoms with Crippen LogP contribution < -0.4 is 5.32 Å². The van der Waals surface area contributed by atoms with E-state index in [1.165, 1.54) is 12.1 Å². The minimum Gasteiger partial charge on any atom is -0.344 e. The molecule has 0 fully saturated rings. The zero-order chi connectivity index (χ0) is 13.8. The van der Waals surface area contributed by atoms with Gasteiger partial charge in [-0.15, -0.1) is 23.2 Å². The first kappa shape index (κ1) is 15.5. The van der Waals surface area contributed by atoms with E-state index < -0.39 is 11.4 Å². The molecule has 0 saturated carbocycles. The summed E-state index contributed by atoms with van der Waals surface area (Å²) in [5.41, 5.74) is -0.393. The third-order valence-corrected chi connectivity index (χ3v) is 4.06. The lowest BCUT2D eigenvalue weighted by Gasteiger charge is -2.29. The number of carbonyl (C=O) groups excluding carboxylic acids is 1. The SMILES string of the molecule is CCC(CCl)(CCl)NC(=O)c1ccc(F)c(Cl)c1. The predicted octanol–water partition coefficient (Wildman–Crippen LogP) is 3.84. The van der Waals surface area contributed by atoms with Crippen molar-refractivity contribution in [3.05, 3.63) is 34.6 Å². The van der Waals surface area contributed by atoms with Gasteiger partial charge < -0.3 is 5.32 Å². The molecule has 0 aromatic heterocycles. The average Bonchev–Trinajstić information content (AvgIpc) is 2.39. The van der Waals surface area contributed by atoms with E-state index in [1.807, 2.05) is 6.92 Å². The number of benzene rings is 1. The Balaban J connectivity index is 2.90. The van der Waals surface area contributed by atoms with Crippen molar-refractivity contribution in [3.63, 3.8) is 0 Å². The summed E-state index contributed by atoms with van der Waals surface area (Å²) < 4.78 is 13.0. The van der Waals surface area contributed by atoms with Gasteiger partial charge in [-0.25, -0.2) is 4.39 Å². The van der Waals surface area contributed by atoms with Crippen molar-refractivity contribution in [1.82, 2.24) is 5.32 Å². The second kappa shape index (κ2) is 6.60. The second-order valence-corrected chi connectivity index (χ2v) is 4.93. The lowest BCUT2D eigenvalue weighted by molar-refractivity contribution is 0.0913. The molecule has 1 amide bonds. The number of amides is 1. The van der Waals surface area contributed by atoms with Crippen molar-refractivity contribution in [2.75, 3.05) is 11.8 Å². The van der Waals surface area contributed by atoms with Crippen LogP contribution in [0.15, 0.2) is 18.2 Å². The summed E-state index contributed by atoms with van der Waals surface area (Å²) in [5, 5.41) is 2.66. The van der Waals surface area contributed by atoms with Crippen LogP contribution in [0.1, 0.15) is 23.7 Å². The van der Waals surface area contributed by atoms with E-state index >= 15 is 0 Å². The van der Waals surface area contributed by atoms with Gasteiger partial charge in [-0.05, 0) is 24.6 Å². The Morgan fingerprint density at radius 3 is 2.44 bits per heavy atom. The molecule has 0 atom stereocenters. The van der Waals surface area contributed by atoms with Crippen molar-refractivity contribution in [1.29, 1.82) is 0 Å². The van der Waals surface area contributed by atoms with Gasteiger partial charge in [-0.2, -0.15) is 0 Å². The highest BCUT2D eigenvalue weighted by Crippen LogP contribution is 2.19. The van der Waals surface area contributed by atoms with Gasteiger partial charge in [-0.1, -0.05) is 18.5 Å². The number of nitrogens with one attached hydrogen (secondary N) is 1. The summed E-state index contributed by atoms with van der Waals surface area (Å²) in [7, 11) is 0. The Morgan fingerprint density at radius 2 is 2.00 bits per heavy atom. The van der Waals surface area contributed by atoms with E-state index in [4.69, 9.17) is 34.8 Å². The van der Waals surface area contributed by atoms with Gasteiger partial charge >= 0.3 is 0 Å². The first-order chi connectivity index (χ1) is 8.48. The van der Waals surface area contributed by atoms with Crippen LogP contribution >= 0.6 is 34.8 Å². The fourth-order valence-corrected chi connectivity index (χ4v) is 2.31. The van der Waals surface area contributed by atoms with Gasteiger partial charge in [-0.3, -0.25) is 4.79 Å². The zero-order valence-electron chi connectivity index (χ0n) is 9.77. The molecule has 0 unspecified atom stereocenters. The molecule has 2 nitrogen and oxygen atoms in total. The molecule has 0 bridgehead atoms. The Labute approximate surface area is 120 Å². The fraction of sp³-hybridized carbons (Fsp3) is 0.417. The molecule has 100 valence electrons. The molecule has 6 heteroatoms. The first-order valence-electron chi connectivity index (χ1n) is 5.37. The molecule has 18 heavy (non-hydrogen) atoms. The van der Waals surface area contributed by atoms with Crippen LogP contribution in [-0.4, -0.2) is 23.2 Å². The van der Waals surface area contributed by atoms with Crippen LogP contribution in [0.3, 0.4) is 0 Å². The van der Waals surface area contributed by atoms with E-state index in [1.54, 1.807) is 0 Å². The maximum Gasteiger partial charge on any atom is 0.251 e. The predicted molar refractivity (Wildman–Crippen MR) is 73.3 cm³/mol. The first-order valence-corrected chi connectivity index (χ1v) is 6.82. The molecule has 1 rings (SSSR count). The number of halogens is 4. The van der Waals surface area contributed by atoms with Gasteiger partial charge in [0.15, 0.2) is 0 Å². The van der Waals surface area contributed by atoms with Crippen LogP contribution in [0.5, 0.6) is 0 Å². The summed E-state index contributed by atoms with van der Waals surface area (Å²) in [4.78, 5) is 12.0. The van der Waals surface area contributed by atoms with E-state index in [2.05, 4.69) is 5.32 Å². The standard InChI is InChI=1S/C12H13Cl3FNO/c1-2-12(6-13,7-14)17-11(18)8-3-4-10(16)9(15)5-8/h3-5H,2,6-7H2,1H3,(H,17,18). The number of hydrogen-bond donors (Lipinski definition) is 1. The van der Waals surface area contributed by atoms with Gasteiger partial charge in [0.1, 0.15) is 5.82 Å². The monoisotopic (exact) mass is 311 g/mol. The minimum absolute atomic E-state index is 0.0958. The highest BCUT2D eigenvalue weighted by Gasteiger charge is 2.28. The molecule has 0 aliphatic carbocycles. The normalized spacial score (nSPS) is 11.4. The van der Waals surface area contributed by atoms with Crippen LogP contribution in [0, 0.1) is 5.82 Å². The number of alkyl halides is 2. The Morgan fingerprint density at radius 1 is 1.39 bits per heavy atom. The number of carbonyl (C=O) groups is 1. The van der Waals surface area contributed by atoms with Crippen molar-refractivity contribution in [3.8, 4) is 0 Å². The maximum atomic E-state index is 13.0. The molecule has 1 aromatic rings. The average molecular weight is 313 g/mol. The van der Waals surface area contributed by atoms with Crippen LogP contribution in [-0.2, 0) is 0 Å². The molecule has 0 aliphatic heterocycles. The van der Waals surface area contributed by atoms with Crippen molar-refractivity contribution in [2.45, 2.75) is 18.9 Å². The smallest absolute Gasteiger partial charge is 0.251 e. The molecule has 0 spiro atoms. The quantitative estimate of drug-likeness (QED) is 0.822. The highest BCUT2D eigenvalue weighted by molar-refractivity contribution is 6.31. The largest absolute Gasteiger partial charge is 0.344 e. The Kier molecular flexibility index (Phi) is 5.70. The Bertz CT molecular complexity index is 427. The molecule has 0 heterocycles. The molecular formula is C12H13Cl3FNO. The lowest BCUT2D eigenvalue weighted by Crippen LogP contribution is -2.51. The van der Waals surface area contributed by atoms with E-state index in [0.717, 1.165) is 6.07 Å². The minimum atomic E-state index is -0.666. The third kappa shape index (κ3) is 3.50. The number of rotatable bonds is 5. The van der Waals surface area contributed by atoms with Gasteiger partial charge in [0.25, 0.3) is 5.91 Å². The zero-order valence-corrected chi connectivity index (χ0v) is 12.0. The van der Waals surface area contributed by atoms with Crippen molar-refractivity contribution >= 4 is 40.7 Å². The summed E-state index contributed by atoms with van der Waals surface area (Å²) in [6, 6.07) is 3.78. The molecule has 1 N–H and O–H groups in total. The summed E-state index contributed by atoms with van der Waals surface area (Å²) >= 11 is 17.3. The maximum absolute atomic E-state index is 13.0. The molecule has 1 aromatic carbocycles. The molecule has 0 saturated heterocycles. The third-order valence-electron chi connectivity index (χ3n) is 2.75. The summed E-state index contributed by atoms with van der Waals surface area (Å²) in [6.45, 7) is 1.88. The van der Waals surface area contributed by atoms with E-state index in [9.17, 15) is 9.18 Å². The van der Waals surface area contributed by atoms with Crippen LogP contribution in [0.4, 0.5) is 4.39 Å². The van der Waals surface area contributed by atoms with Crippen LogP contribution in [0.2, 0.25) is 5.02 Å². The number of hydrogen-bond acceptors (Lipinski definition) is 1. The van der Waals surface area contributed by atoms with Crippen LogP contribution in [0.25, 0.3) is 0 Å². The van der Waals surface area contributed by atoms with Gasteiger partial charge in [0.2, 0.25) is 0 Å². The van der Waals surface area contributed by atoms with Crippen molar-refractivity contribution in [2.24, 2.45) is 0 Å². The van der Waals surface area contributed by atoms with Crippen molar-refractivity contribution < 1.29 is 9.18 Å².